The molecule has 2 aromatic heterocycles. The van der Waals surface area contributed by atoms with Crippen molar-refractivity contribution in [3.8, 4) is 22.0 Å². The van der Waals surface area contributed by atoms with Gasteiger partial charge in [-0.1, -0.05) is 66.1 Å². The molecule has 1 aromatic carbocycles. The maximum absolute atomic E-state index is 10.8. The zero-order valence-electron chi connectivity index (χ0n) is 13.0. The molecule has 0 unspecified atom stereocenters. The second-order valence-electron chi connectivity index (χ2n) is 5.20. The molecular formula is C16H16N4O3S. The molecule has 8 heteroatoms. The quantitative estimate of drug-likeness (QED) is 0.729. The van der Waals surface area contributed by atoms with Gasteiger partial charge in [-0.25, -0.2) is 9.78 Å². The molecule has 1 aliphatic carbocycles. The lowest BCUT2D eigenvalue weighted by Crippen LogP contribution is -2.06. The normalized spacial score (nSPS) is 12.2. The van der Waals surface area contributed by atoms with E-state index in [4.69, 9.17) is 9.63 Å². The van der Waals surface area contributed by atoms with Gasteiger partial charge in [-0.3, -0.25) is 5.32 Å². The predicted molar refractivity (Wildman–Crippen MR) is 91.1 cm³/mol. The first-order valence-corrected chi connectivity index (χ1v) is 8.32. The molecule has 2 N–H and O–H groups in total. The minimum atomic E-state index is -1.17. The molecule has 124 valence electrons. The van der Waals surface area contributed by atoms with Crippen LogP contribution < -0.4 is 5.32 Å². The summed E-state index contributed by atoms with van der Waals surface area (Å²) in [6.07, 6.45) is 3.33. The molecule has 0 bridgehead atoms. The summed E-state index contributed by atoms with van der Waals surface area (Å²) < 4.78 is 5.16. The van der Waals surface area contributed by atoms with E-state index >= 15 is 0 Å². The molecule has 0 radical (unpaired) electrons. The average Bonchev–Trinajstić information content (AvgIpc) is 3.30. The molecular weight excluding hydrogens is 328 g/mol. The van der Waals surface area contributed by atoms with Gasteiger partial charge in [0.25, 0.3) is 5.89 Å². The second kappa shape index (κ2) is 7.22. The van der Waals surface area contributed by atoms with E-state index in [0.717, 1.165) is 16.9 Å². The predicted octanol–water partition coefficient (Wildman–Crippen LogP) is 4.43. The molecule has 2 heterocycles. The Kier molecular flexibility index (Phi) is 4.85. The van der Waals surface area contributed by atoms with Crippen molar-refractivity contribution in [3.63, 3.8) is 0 Å². The van der Waals surface area contributed by atoms with E-state index in [2.05, 4.69) is 20.4 Å². The van der Waals surface area contributed by atoms with E-state index in [-0.39, 0.29) is 5.13 Å². The van der Waals surface area contributed by atoms with Crippen molar-refractivity contribution in [2.75, 3.05) is 5.32 Å². The van der Waals surface area contributed by atoms with Crippen molar-refractivity contribution in [2.24, 2.45) is 0 Å². The van der Waals surface area contributed by atoms with E-state index in [9.17, 15) is 4.79 Å². The standard InChI is InChI=1S/C13H10N4O3S.C3H6/c1-7-14-11(20-17-7)10-9(8-5-3-2-4-6-8)15-12(21-10)16-13(18)19;1-2-3-1/h2-6H,1H3,(H,15,16)(H,18,19);1-3H2. The van der Waals surface area contributed by atoms with Crippen LogP contribution in [-0.2, 0) is 0 Å². The zero-order chi connectivity index (χ0) is 16.9. The number of thiazole rings is 1. The summed E-state index contributed by atoms with van der Waals surface area (Å²) in [4.78, 5) is 19.9. The number of rotatable bonds is 3. The topological polar surface area (TPSA) is 101 Å². The number of anilines is 1. The van der Waals surface area contributed by atoms with E-state index in [1.165, 1.54) is 19.3 Å². The van der Waals surface area contributed by atoms with Crippen LogP contribution in [0.3, 0.4) is 0 Å². The van der Waals surface area contributed by atoms with Gasteiger partial charge in [-0.15, -0.1) is 0 Å². The fourth-order valence-corrected chi connectivity index (χ4v) is 2.69. The third-order valence-corrected chi connectivity index (χ3v) is 3.92. The molecule has 3 aromatic rings. The Hall–Kier alpha value is -2.74. The first kappa shape index (κ1) is 16.1. The van der Waals surface area contributed by atoms with Crippen LogP contribution in [0, 0.1) is 6.92 Å². The van der Waals surface area contributed by atoms with Crippen molar-refractivity contribution >= 4 is 22.6 Å². The summed E-state index contributed by atoms with van der Waals surface area (Å²) >= 11 is 1.15. The summed E-state index contributed by atoms with van der Waals surface area (Å²) in [5.74, 6) is 0.826. The molecule has 1 aliphatic rings. The van der Waals surface area contributed by atoms with Crippen LogP contribution in [0.5, 0.6) is 0 Å². The van der Waals surface area contributed by atoms with Crippen LogP contribution in [0.4, 0.5) is 9.93 Å². The van der Waals surface area contributed by atoms with Gasteiger partial charge in [0, 0.05) is 5.56 Å². The molecule has 7 nitrogen and oxygen atoms in total. The number of aromatic nitrogens is 3. The number of hydrogen-bond donors (Lipinski definition) is 2. The molecule has 0 spiro atoms. The maximum atomic E-state index is 10.8. The maximum Gasteiger partial charge on any atom is 0.410 e. The van der Waals surface area contributed by atoms with Gasteiger partial charge in [-0.2, -0.15) is 4.98 Å². The van der Waals surface area contributed by atoms with Crippen molar-refractivity contribution in [3.05, 3.63) is 36.2 Å². The first-order chi connectivity index (χ1) is 11.6. The fourth-order valence-electron chi connectivity index (χ4n) is 1.79. The number of carboxylic acid groups (broad SMARTS) is 1. The first-order valence-electron chi connectivity index (χ1n) is 7.50. The Labute approximate surface area is 142 Å². The lowest BCUT2D eigenvalue weighted by atomic mass is 10.1. The van der Waals surface area contributed by atoms with Crippen molar-refractivity contribution in [2.45, 2.75) is 26.2 Å². The molecule has 1 fully saturated rings. The third-order valence-electron chi connectivity index (χ3n) is 2.96. The Morgan fingerprint density at radius 1 is 1.21 bits per heavy atom. The summed E-state index contributed by atoms with van der Waals surface area (Å²) in [5, 5.41) is 15.1. The van der Waals surface area contributed by atoms with Gasteiger partial charge in [0.1, 0.15) is 4.88 Å². The number of amides is 1. The Morgan fingerprint density at radius 3 is 2.46 bits per heavy atom. The van der Waals surface area contributed by atoms with E-state index < -0.39 is 6.09 Å². The molecule has 0 atom stereocenters. The van der Waals surface area contributed by atoms with Crippen molar-refractivity contribution in [1.29, 1.82) is 0 Å². The van der Waals surface area contributed by atoms with Gasteiger partial charge in [-0.05, 0) is 6.92 Å². The lowest BCUT2D eigenvalue weighted by molar-refractivity contribution is 0.209. The minimum absolute atomic E-state index is 0.257. The summed E-state index contributed by atoms with van der Waals surface area (Å²) in [5.41, 5.74) is 1.45. The number of carbonyl (C=O) groups is 1. The Morgan fingerprint density at radius 2 is 1.92 bits per heavy atom. The average molecular weight is 344 g/mol. The molecule has 4 rings (SSSR count). The second-order valence-corrected chi connectivity index (χ2v) is 6.20. The largest absolute Gasteiger partial charge is 0.465 e. The molecule has 1 amide bonds. The van der Waals surface area contributed by atoms with Crippen LogP contribution in [0.25, 0.3) is 22.0 Å². The Bertz CT molecular complexity index is 824. The SMILES string of the molecule is C1CC1.Cc1noc(-c2sc(NC(=O)O)nc2-c2ccccc2)n1. The monoisotopic (exact) mass is 344 g/mol. The van der Waals surface area contributed by atoms with Crippen molar-refractivity contribution in [1.82, 2.24) is 15.1 Å². The fraction of sp³-hybridized carbons (Fsp3) is 0.250. The van der Waals surface area contributed by atoms with Gasteiger partial charge < -0.3 is 9.63 Å². The number of nitrogens with one attached hydrogen (secondary N) is 1. The highest BCUT2D eigenvalue weighted by Gasteiger charge is 2.20. The van der Waals surface area contributed by atoms with Crippen LogP contribution in [0.1, 0.15) is 25.1 Å². The summed E-state index contributed by atoms with van der Waals surface area (Å²) in [6.45, 7) is 1.71. The molecule has 0 aliphatic heterocycles. The van der Waals surface area contributed by atoms with Gasteiger partial charge in [0.15, 0.2) is 11.0 Å². The molecule has 24 heavy (non-hydrogen) atoms. The van der Waals surface area contributed by atoms with Crippen LogP contribution in [0.15, 0.2) is 34.9 Å². The van der Waals surface area contributed by atoms with Crippen LogP contribution in [0.2, 0.25) is 0 Å². The van der Waals surface area contributed by atoms with E-state index in [1.54, 1.807) is 6.92 Å². The highest BCUT2D eigenvalue weighted by atomic mass is 32.1. The number of aryl methyl sites for hydroxylation is 1. The number of benzene rings is 1. The van der Waals surface area contributed by atoms with E-state index in [1.807, 2.05) is 30.3 Å². The molecule has 1 saturated carbocycles. The highest BCUT2D eigenvalue weighted by Crippen LogP contribution is 2.38. The van der Waals surface area contributed by atoms with Gasteiger partial charge in [0.05, 0.1) is 5.69 Å². The third kappa shape index (κ3) is 4.17. The smallest absolute Gasteiger partial charge is 0.410 e. The van der Waals surface area contributed by atoms with Crippen molar-refractivity contribution < 1.29 is 14.4 Å². The van der Waals surface area contributed by atoms with Crippen LogP contribution in [-0.4, -0.2) is 26.3 Å². The zero-order valence-corrected chi connectivity index (χ0v) is 13.8. The van der Waals surface area contributed by atoms with Gasteiger partial charge in [0.2, 0.25) is 0 Å². The summed E-state index contributed by atoms with van der Waals surface area (Å²) in [6, 6.07) is 9.41. The highest BCUT2D eigenvalue weighted by molar-refractivity contribution is 7.19. The number of nitrogens with zero attached hydrogens (tertiary/aromatic N) is 3. The van der Waals surface area contributed by atoms with Crippen LogP contribution >= 0.6 is 11.3 Å². The lowest BCUT2D eigenvalue weighted by Gasteiger charge is -1.97. The minimum Gasteiger partial charge on any atom is -0.465 e. The van der Waals surface area contributed by atoms with E-state index in [0.29, 0.717) is 22.3 Å². The molecule has 0 saturated heterocycles. The van der Waals surface area contributed by atoms with Gasteiger partial charge >= 0.3 is 6.09 Å². The Balaban J connectivity index is 0.000000508. The summed E-state index contributed by atoms with van der Waals surface area (Å²) in [7, 11) is 0. The number of hydrogen-bond acceptors (Lipinski definition) is 6.